The largest absolute Gasteiger partial charge is 0.245 e. The van der Waals surface area contributed by atoms with Gasteiger partial charge in [-0.05, 0) is 19.9 Å². The van der Waals surface area contributed by atoms with Crippen LogP contribution in [0.3, 0.4) is 0 Å². The Kier molecular flexibility index (Phi) is 3.01. The minimum absolute atomic E-state index is 0.503. The summed E-state index contributed by atoms with van der Waals surface area (Å²) >= 11 is 1.45. The van der Waals surface area contributed by atoms with E-state index in [1.54, 1.807) is 6.08 Å². The van der Waals surface area contributed by atoms with Gasteiger partial charge in [-0.15, -0.1) is 11.3 Å². The molecule has 1 aromatic rings. The van der Waals surface area contributed by atoms with Gasteiger partial charge in [-0.3, -0.25) is 0 Å². The van der Waals surface area contributed by atoms with Gasteiger partial charge in [0.15, 0.2) is 0 Å². The predicted octanol–water partition coefficient (Wildman–Crippen LogP) is 4.12. The van der Waals surface area contributed by atoms with Gasteiger partial charge < -0.3 is 0 Å². The summed E-state index contributed by atoms with van der Waals surface area (Å²) in [6.45, 7) is 3.83. The molecule has 0 saturated carbocycles. The summed E-state index contributed by atoms with van der Waals surface area (Å²) in [5, 5.41) is 0.670. The second kappa shape index (κ2) is 4.29. The normalized spacial score (nSPS) is 20.4. The SMILES string of the molecule is Cc1nc(C2C=CC=C(F)C=C2F)sc1C. The molecule has 2 rings (SSSR count). The molecule has 4 heteroatoms. The van der Waals surface area contributed by atoms with Crippen molar-refractivity contribution in [2.75, 3.05) is 0 Å². The van der Waals surface area contributed by atoms with E-state index in [0.29, 0.717) is 5.01 Å². The van der Waals surface area contributed by atoms with E-state index in [4.69, 9.17) is 0 Å². The minimum Gasteiger partial charge on any atom is -0.245 e. The highest BCUT2D eigenvalue weighted by Crippen LogP contribution is 2.33. The summed E-state index contributed by atoms with van der Waals surface area (Å²) < 4.78 is 26.6. The summed E-state index contributed by atoms with van der Waals surface area (Å²) in [4.78, 5) is 5.36. The van der Waals surface area contributed by atoms with E-state index >= 15 is 0 Å². The Labute approximate surface area is 96.8 Å². The number of nitrogens with zero attached hydrogens (tertiary/aromatic N) is 1. The Hall–Kier alpha value is -1.29. The minimum atomic E-state index is -0.568. The van der Waals surface area contributed by atoms with Crippen molar-refractivity contribution in [2.24, 2.45) is 0 Å². The molecule has 1 heterocycles. The van der Waals surface area contributed by atoms with Gasteiger partial charge in [0.2, 0.25) is 0 Å². The molecule has 0 saturated heterocycles. The van der Waals surface area contributed by atoms with Crippen LogP contribution in [-0.4, -0.2) is 4.98 Å². The molecule has 0 radical (unpaired) electrons. The Bertz CT molecular complexity index is 478. The van der Waals surface area contributed by atoms with Gasteiger partial charge in [0.05, 0.1) is 11.6 Å². The Morgan fingerprint density at radius 2 is 2.06 bits per heavy atom. The number of aromatic nitrogens is 1. The first-order valence-corrected chi connectivity index (χ1v) is 5.74. The summed E-state index contributed by atoms with van der Waals surface area (Å²) in [6.07, 6.45) is 5.30. The number of halogens is 2. The van der Waals surface area contributed by atoms with Crippen LogP contribution in [0.5, 0.6) is 0 Å². The quantitative estimate of drug-likeness (QED) is 0.718. The third-order valence-electron chi connectivity index (χ3n) is 2.44. The lowest BCUT2D eigenvalue weighted by Crippen LogP contribution is -1.95. The van der Waals surface area contributed by atoms with Crippen LogP contribution in [0.1, 0.15) is 21.5 Å². The number of allylic oxidation sites excluding steroid dienone is 6. The maximum Gasteiger partial charge on any atom is 0.125 e. The molecule has 16 heavy (non-hydrogen) atoms. The highest BCUT2D eigenvalue weighted by atomic mass is 32.1. The zero-order valence-corrected chi connectivity index (χ0v) is 9.81. The van der Waals surface area contributed by atoms with Crippen molar-refractivity contribution in [1.82, 2.24) is 4.98 Å². The molecule has 0 fully saturated rings. The average molecular weight is 239 g/mol. The van der Waals surface area contributed by atoms with Crippen molar-refractivity contribution in [3.63, 3.8) is 0 Å². The van der Waals surface area contributed by atoms with Crippen LogP contribution in [0, 0.1) is 13.8 Å². The fraction of sp³-hybridized carbons (Fsp3) is 0.250. The number of hydrogen-bond donors (Lipinski definition) is 0. The van der Waals surface area contributed by atoms with E-state index < -0.39 is 17.6 Å². The maximum atomic E-state index is 13.7. The number of aryl methyl sites for hydroxylation is 2. The third-order valence-corrected chi connectivity index (χ3v) is 3.60. The first-order valence-electron chi connectivity index (χ1n) is 4.93. The van der Waals surface area contributed by atoms with Crippen LogP contribution in [0.2, 0.25) is 0 Å². The van der Waals surface area contributed by atoms with E-state index in [0.717, 1.165) is 16.6 Å². The second-order valence-electron chi connectivity index (χ2n) is 3.64. The van der Waals surface area contributed by atoms with E-state index in [1.807, 2.05) is 13.8 Å². The Morgan fingerprint density at radius 3 is 2.69 bits per heavy atom. The van der Waals surface area contributed by atoms with Crippen molar-refractivity contribution < 1.29 is 8.78 Å². The van der Waals surface area contributed by atoms with Gasteiger partial charge in [-0.1, -0.05) is 12.2 Å². The summed E-state index contributed by atoms with van der Waals surface area (Å²) in [5.74, 6) is -1.63. The highest BCUT2D eigenvalue weighted by molar-refractivity contribution is 7.11. The molecule has 0 amide bonds. The lowest BCUT2D eigenvalue weighted by Gasteiger charge is -2.05. The number of thiazole rings is 1. The smallest absolute Gasteiger partial charge is 0.125 e. The third kappa shape index (κ3) is 2.11. The van der Waals surface area contributed by atoms with Crippen LogP contribution in [0.15, 0.2) is 36.0 Å². The zero-order chi connectivity index (χ0) is 11.7. The molecule has 0 N–H and O–H groups in total. The van der Waals surface area contributed by atoms with Crippen LogP contribution in [0.4, 0.5) is 8.78 Å². The lowest BCUT2D eigenvalue weighted by molar-refractivity contribution is 0.572. The first kappa shape index (κ1) is 11.2. The Morgan fingerprint density at radius 1 is 1.31 bits per heavy atom. The number of hydrogen-bond acceptors (Lipinski definition) is 2. The molecule has 1 nitrogen and oxygen atoms in total. The molecule has 0 bridgehead atoms. The molecular formula is C12H11F2NS. The highest BCUT2D eigenvalue weighted by Gasteiger charge is 2.20. The lowest BCUT2D eigenvalue weighted by atomic mass is 10.1. The van der Waals surface area contributed by atoms with Crippen molar-refractivity contribution in [3.05, 3.63) is 51.5 Å². The van der Waals surface area contributed by atoms with Gasteiger partial charge in [0.1, 0.15) is 16.7 Å². The van der Waals surface area contributed by atoms with Gasteiger partial charge in [-0.25, -0.2) is 13.8 Å². The molecule has 0 aliphatic heterocycles. The molecule has 1 aromatic heterocycles. The molecule has 1 atom stereocenters. The summed E-state index contributed by atoms with van der Waals surface area (Å²) in [5.41, 5.74) is 0.902. The molecule has 0 spiro atoms. The van der Waals surface area contributed by atoms with Crippen molar-refractivity contribution in [2.45, 2.75) is 19.8 Å². The zero-order valence-electron chi connectivity index (χ0n) is 9.00. The van der Waals surface area contributed by atoms with Gasteiger partial charge in [0, 0.05) is 11.0 Å². The molecular weight excluding hydrogens is 228 g/mol. The fourth-order valence-electron chi connectivity index (χ4n) is 1.45. The van der Waals surface area contributed by atoms with Crippen molar-refractivity contribution >= 4 is 11.3 Å². The van der Waals surface area contributed by atoms with Gasteiger partial charge in [0.25, 0.3) is 0 Å². The first-order chi connectivity index (χ1) is 7.58. The van der Waals surface area contributed by atoms with E-state index in [9.17, 15) is 8.78 Å². The number of rotatable bonds is 1. The van der Waals surface area contributed by atoms with Gasteiger partial charge in [-0.2, -0.15) is 0 Å². The predicted molar refractivity (Wildman–Crippen MR) is 61.9 cm³/mol. The van der Waals surface area contributed by atoms with E-state index in [-0.39, 0.29) is 0 Å². The summed E-state index contributed by atoms with van der Waals surface area (Å²) in [6, 6.07) is 0. The maximum absolute atomic E-state index is 13.7. The van der Waals surface area contributed by atoms with E-state index in [1.165, 1.54) is 23.5 Å². The molecule has 1 aliphatic carbocycles. The van der Waals surface area contributed by atoms with Gasteiger partial charge >= 0.3 is 0 Å². The average Bonchev–Trinajstić information content (AvgIpc) is 2.44. The molecule has 1 unspecified atom stereocenters. The molecule has 1 aliphatic rings. The van der Waals surface area contributed by atoms with Crippen molar-refractivity contribution in [1.29, 1.82) is 0 Å². The van der Waals surface area contributed by atoms with Crippen LogP contribution < -0.4 is 0 Å². The second-order valence-corrected chi connectivity index (χ2v) is 4.87. The fourth-order valence-corrected chi connectivity index (χ4v) is 2.46. The molecule has 0 aromatic carbocycles. The van der Waals surface area contributed by atoms with E-state index in [2.05, 4.69) is 4.98 Å². The standard InChI is InChI=1S/C12H11F2NS/c1-7-8(2)16-12(15-7)10-5-3-4-9(13)6-11(10)14/h3-6,10H,1-2H3. The van der Waals surface area contributed by atoms with Crippen LogP contribution in [-0.2, 0) is 0 Å². The summed E-state index contributed by atoms with van der Waals surface area (Å²) in [7, 11) is 0. The van der Waals surface area contributed by atoms with Crippen LogP contribution >= 0.6 is 11.3 Å². The molecule has 84 valence electrons. The topological polar surface area (TPSA) is 12.9 Å². The van der Waals surface area contributed by atoms with Crippen LogP contribution in [0.25, 0.3) is 0 Å². The monoisotopic (exact) mass is 239 g/mol. The Balaban J connectivity index is 2.39. The van der Waals surface area contributed by atoms with Crippen molar-refractivity contribution in [3.8, 4) is 0 Å².